The van der Waals surface area contributed by atoms with E-state index in [1.165, 1.54) is 0 Å². The van der Waals surface area contributed by atoms with Crippen molar-refractivity contribution in [2.45, 2.75) is 45.1 Å². The molecule has 3 nitrogen and oxygen atoms in total. The molecule has 0 heterocycles. The van der Waals surface area contributed by atoms with Gasteiger partial charge in [0.2, 0.25) is 0 Å². The molecule has 3 heteroatoms. The fourth-order valence-electron chi connectivity index (χ4n) is 1.20. The third-order valence-corrected chi connectivity index (χ3v) is 2.01. The molecule has 0 aromatic rings. The summed E-state index contributed by atoms with van der Waals surface area (Å²) < 4.78 is 4.80. The smallest absolute Gasteiger partial charge is 0.322 e. The Balaban J connectivity index is 3.38. The van der Waals surface area contributed by atoms with Gasteiger partial charge in [0.1, 0.15) is 6.04 Å². The molecular weight excluding hydrogens is 178 g/mol. The van der Waals surface area contributed by atoms with Crippen molar-refractivity contribution in [3.63, 3.8) is 0 Å². The summed E-state index contributed by atoms with van der Waals surface area (Å²) >= 11 is 0. The summed E-state index contributed by atoms with van der Waals surface area (Å²) in [6.07, 6.45) is 6.86. The third-order valence-electron chi connectivity index (χ3n) is 2.01. The van der Waals surface area contributed by atoms with Gasteiger partial charge >= 0.3 is 5.97 Å². The van der Waals surface area contributed by atoms with Crippen molar-refractivity contribution in [1.82, 2.24) is 0 Å². The first-order chi connectivity index (χ1) is 6.72. The first-order valence-corrected chi connectivity index (χ1v) is 5.25. The highest BCUT2D eigenvalue weighted by molar-refractivity contribution is 5.75. The van der Waals surface area contributed by atoms with E-state index < -0.39 is 6.04 Å². The van der Waals surface area contributed by atoms with Crippen LogP contribution >= 0.6 is 0 Å². The minimum atomic E-state index is -0.446. The Morgan fingerprint density at radius 2 is 2.21 bits per heavy atom. The summed E-state index contributed by atoms with van der Waals surface area (Å²) in [6, 6.07) is -0.446. The van der Waals surface area contributed by atoms with Crippen LogP contribution in [-0.2, 0) is 9.53 Å². The van der Waals surface area contributed by atoms with Crippen molar-refractivity contribution >= 4 is 5.97 Å². The van der Waals surface area contributed by atoms with Gasteiger partial charge in [-0.05, 0) is 26.2 Å². The van der Waals surface area contributed by atoms with Gasteiger partial charge in [0.25, 0.3) is 0 Å². The molecule has 0 rings (SSSR count). The summed E-state index contributed by atoms with van der Waals surface area (Å²) in [5.41, 5.74) is 5.62. The molecule has 0 aromatic carbocycles. The first kappa shape index (κ1) is 13.2. The second kappa shape index (κ2) is 8.75. The van der Waals surface area contributed by atoms with Crippen molar-refractivity contribution in [3.05, 3.63) is 12.7 Å². The van der Waals surface area contributed by atoms with Crippen LogP contribution in [-0.4, -0.2) is 18.6 Å². The maximum Gasteiger partial charge on any atom is 0.322 e. The van der Waals surface area contributed by atoms with Crippen LogP contribution in [0.3, 0.4) is 0 Å². The Morgan fingerprint density at radius 1 is 1.50 bits per heavy atom. The number of nitrogens with two attached hydrogens (primary N) is 1. The van der Waals surface area contributed by atoms with Gasteiger partial charge in [-0.15, -0.1) is 6.58 Å². The highest BCUT2D eigenvalue weighted by Crippen LogP contribution is 2.05. The highest BCUT2D eigenvalue weighted by Gasteiger charge is 2.12. The van der Waals surface area contributed by atoms with Crippen LogP contribution in [0.5, 0.6) is 0 Å². The molecule has 1 atom stereocenters. The van der Waals surface area contributed by atoms with Crippen LogP contribution in [0.25, 0.3) is 0 Å². The lowest BCUT2D eigenvalue weighted by Gasteiger charge is -2.09. The Kier molecular flexibility index (Phi) is 8.24. The first-order valence-electron chi connectivity index (χ1n) is 5.25. The molecule has 2 N–H and O–H groups in total. The Bertz CT molecular complexity index is 169. The number of rotatable bonds is 8. The van der Waals surface area contributed by atoms with Crippen LogP contribution in [0, 0.1) is 0 Å². The maximum absolute atomic E-state index is 11.1. The maximum atomic E-state index is 11.1. The number of carbonyl (C=O) groups excluding carboxylic acids is 1. The number of allylic oxidation sites excluding steroid dienone is 1. The minimum absolute atomic E-state index is 0.281. The van der Waals surface area contributed by atoms with Gasteiger partial charge in [-0.3, -0.25) is 4.79 Å². The summed E-state index contributed by atoms with van der Waals surface area (Å²) in [4.78, 5) is 11.1. The molecule has 0 spiro atoms. The Morgan fingerprint density at radius 3 is 2.79 bits per heavy atom. The van der Waals surface area contributed by atoms with Crippen LogP contribution in [0.4, 0.5) is 0 Å². The van der Waals surface area contributed by atoms with Gasteiger partial charge in [0.15, 0.2) is 0 Å². The second-order valence-corrected chi connectivity index (χ2v) is 3.29. The molecular formula is C11H21NO2. The number of esters is 1. The van der Waals surface area contributed by atoms with Crippen LogP contribution in [0.1, 0.15) is 39.0 Å². The largest absolute Gasteiger partial charge is 0.465 e. The quantitative estimate of drug-likeness (QED) is 0.369. The summed E-state index contributed by atoms with van der Waals surface area (Å²) in [6.45, 7) is 5.84. The van der Waals surface area contributed by atoms with Crippen molar-refractivity contribution in [2.24, 2.45) is 5.73 Å². The van der Waals surface area contributed by atoms with Gasteiger partial charge in [-0.2, -0.15) is 0 Å². The second-order valence-electron chi connectivity index (χ2n) is 3.29. The molecule has 0 aliphatic heterocycles. The zero-order valence-corrected chi connectivity index (χ0v) is 9.00. The standard InChI is InChI=1S/C11H21NO2/c1-3-5-6-7-8-9-10(12)11(13)14-4-2/h3,10H,1,4-9,12H2,2H3/t10-/m0/s1. The molecule has 0 aromatic heterocycles. The van der Waals surface area contributed by atoms with E-state index in [-0.39, 0.29) is 5.97 Å². The predicted octanol–water partition coefficient (Wildman–Crippen LogP) is 2.01. The molecule has 0 amide bonds. The van der Waals surface area contributed by atoms with E-state index in [0.29, 0.717) is 6.61 Å². The van der Waals surface area contributed by atoms with Crippen molar-refractivity contribution in [3.8, 4) is 0 Å². The molecule has 0 saturated heterocycles. The number of hydrogen-bond acceptors (Lipinski definition) is 3. The minimum Gasteiger partial charge on any atom is -0.465 e. The summed E-state index contributed by atoms with van der Waals surface area (Å²) in [5.74, 6) is -0.281. The lowest BCUT2D eigenvalue weighted by Crippen LogP contribution is -2.32. The van der Waals surface area contributed by atoms with E-state index in [0.717, 1.165) is 32.1 Å². The Hall–Kier alpha value is -0.830. The van der Waals surface area contributed by atoms with Crippen molar-refractivity contribution in [2.75, 3.05) is 6.61 Å². The van der Waals surface area contributed by atoms with E-state index in [9.17, 15) is 4.79 Å². The molecule has 0 bridgehead atoms. The number of hydrogen-bond donors (Lipinski definition) is 1. The van der Waals surface area contributed by atoms with E-state index in [2.05, 4.69) is 6.58 Å². The van der Waals surface area contributed by atoms with Crippen LogP contribution < -0.4 is 5.73 Å². The van der Waals surface area contributed by atoms with E-state index in [4.69, 9.17) is 10.5 Å². The van der Waals surface area contributed by atoms with E-state index in [1.54, 1.807) is 6.92 Å². The fourth-order valence-corrected chi connectivity index (χ4v) is 1.20. The topological polar surface area (TPSA) is 52.3 Å². The highest BCUT2D eigenvalue weighted by atomic mass is 16.5. The molecule has 0 aliphatic rings. The summed E-state index contributed by atoms with van der Waals surface area (Å²) in [7, 11) is 0. The average Bonchev–Trinajstić information content (AvgIpc) is 2.17. The normalized spacial score (nSPS) is 12.1. The molecule has 0 saturated carbocycles. The molecule has 14 heavy (non-hydrogen) atoms. The fraction of sp³-hybridized carbons (Fsp3) is 0.727. The third kappa shape index (κ3) is 6.66. The van der Waals surface area contributed by atoms with Crippen LogP contribution in [0.15, 0.2) is 12.7 Å². The monoisotopic (exact) mass is 199 g/mol. The number of carbonyl (C=O) groups is 1. The van der Waals surface area contributed by atoms with Crippen LogP contribution in [0.2, 0.25) is 0 Å². The van der Waals surface area contributed by atoms with Gasteiger partial charge in [0, 0.05) is 0 Å². The predicted molar refractivity (Wildman–Crippen MR) is 57.9 cm³/mol. The van der Waals surface area contributed by atoms with Crippen molar-refractivity contribution < 1.29 is 9.53 Å². The zero-order valence-electron chi connectivity index (χ0n) is 9.00. The van der Waals surface area contributed by atoms with E-state index in [1.807, 2.05) is 6.08 Å². The van der Waals surface area contributed by atoms with E-state index >= 15 is 0 Å². The average molecular weight is 199 g/mol. The number of unbranched alkanes of at least 4 members (excludes halogenated alkanes) is 3. The van der Waals surface area contributed by atoms with Gasteiger partial charge in [-0.25, -0.2) is 0 Å². The van der Waals surface area contributed by atoms with Crippen molar-refractivity contribution in [1.29, 1.82) is 0 Å². The summed E-state index contributed by atoms with van der Waals surface area (Å²) in [5, 5.41) is 0. The molecule has 0 unspecified atom stereocenters. The van der Waals surface area contributed by atoms with Gasteiger partial charge in [0.05, 0.1) is 6.61 Å². The molecule has 0 aliphatic carbocycles. The lowest BCUT2D eigenvalue weighted by molar-refractivity contribution is -0.144. The van der Waals surface area contributed by atoms with Gasteiger partial charge in [-0.1, -0.05) is 18.9 Å². The zero-order chi connectivity index (χ0) is 10.8. The number of ether oxygens (including phenoxy) is 1. The molecule has 0 radical (unpaired) electrons. The van der Waals surface area contributed by atoms with Gasteiger partial charge < -0.3 is 10.5 Å². The molecule has 0 fully saturated rings. The SMILES string of the molecule is C=CCCCCC[C@H](N)C(=O)OCC. The Labute approximate surface area is 86.3 Å². The lowest BCUT2D eigenvalue weighted by atomic mass is 10.1. The molecule has 82 valence electrons.